The number of carbonyl (C=O) groups excluding carboxylic acids is 1. The van der Waals surface area contributed by atoms with Crippen LogP contribution in [0.3, 0.4) is 0 Å². The summed E-state index contributed by atoms with van der Waals surface area (Å²) in [4.78, 5) is 14.2. The van der Waals surface area contributed by atoms with Crippen molar-refractivity contribution in [3.8, 4) is 0 Å². The molecule has 0 aliphatic carbocycles. The second-order valence-electron chi connectivity index (χ2n) is 6.42. The van der Waals surface area contributed by atoms with E-state index in [1.54, 1.807) is 0 Å². The van der Waals surface area contributed by atoms with Crippen LogP contribution in [0, 0.1) is 5.41 Å². The Kier molecular flexibility index (Phi) is 5.45. The van der Waals surface area contributed by atoms with Gasteiger partial charge in [-0.05, 0) is 55.8 Å². The van der Waals surface area contributed by atoms with Gasteiger partial charge in [0, 0.05) is 6.20 Å². The van der Waals surface area contributed by atoms with Gasteiger partial charge >= 0.3 is 0 Å². The van der Waals surface area contributed by atoms with Crippen LogP contribution in [0.5, 0.6) is 0 Å². The minimum Gasteiger partial charge on any atom is -0.368 e. The monoisotopic (exact) mass is 291 g/mol. The molecule has 118 valence electrons. The van der Waals surface area contributed by atoms with Crippen molar-refractivity contribution in [3.63, 3.8) is 0 Å². The van der Waals surface area contributed by atoms with Gasteiger partial charge < -0.3 is 10.6 Å². The Hall–Kier alpha value is -1.29. The van der Waals surface area contributed by atoms with Gasteiger partial charge in [-0.1, -0.05) is 26.8 Å². The summed E-state index contributed by atoms with van der Waals surface area (Å²) in [5, 5.41) is 6.33. The van der Waals surface area contributed by atoms with E-state index in [0.717, 1.165) is 25.9 Å². The molecule has 2 aliphatic rings. The molecule has 2 heterocycles. The lowest BCUT2D eigenvalue weighted by Gasteiger charge is -2.31. The number of amides is 1. The minimum atomic E-state index is -0.0817. The predicted octanol–water partition coefficient (Wildman–Crippen LogP) is 2.39. The summed E-state index contributed by atoms with van der Waals surface area (Å²) in [5.74, 6) is 0.102. The zero-order valence-corrected chi connectivity index (χ0v) is 13.6. The highest BCUT2D eigenvalue weighted by atomic mass is 16.2. The molecular formula is C17H29N3O. The van der Waals surface area contributed by atoms with Crippen LogP contribution in [0.15, 0.2) is 23.9 Å². The van der Waals surface area contributed by atoms with Gasteiger partial charge in [0.25, 0.3) is 0 Å². The predicted molar refractivity (Wildman–Crippen MR) is 86.7 cm³/mol. The van der Waals surface area contributed by atoms with Crippen LogP contribution in [0.1, 0.15) is 46.5 Å². The maximum absolute atomic E-state index is 12.0. The average molecular weight is 291 g/mol. The smallest absolute Gasteiger partial charge is 0.236 e. The number of likely N-dealkylation sites (tertiary alicyclic amines) is 1. The zero-order chi connectivity index (χ0) is 15.3. The third-order valence-electron chi connectivity index (χ3n) is 5.03. The first kappa shape index (κ1) is 16.1. The SMILES string of the molecule is CCC(C)(CC)C1=CNC(NC(=O)CN2CCCC2)C=C1. The van der Waals surface area contributed by atoms with Crippen LogP contribution in [0.2, 0.25) is 0 Å². The fraction of sp³-hybridized carbons (Fsp3) is 0.706. The van der Waals surface area contributed by atoms with E-state index < -0.39 is 0 Å². The molecule has 4 heteroatoms. The van der Waals surface area contributed by atoms with E-state index >= 15 is 0 Å². The van der Waals surface area contributed by atoms with Crippen LogP contribution >= 0.6 is 0 Å². The lowest BCUT2D eigenvalue weighted by atomic mass is 9.77. The summed E-state index contributed by atoms with van der Waals surface area (Å²) in [6, 6.07) is 0. The highest BCUT2D eigenvalue weighted by Gasteiger charge is 2.25. The van der Waals surface area contributed by atoms with Gasteiger partial charge in [-0.3, -0.25) is 9.69 Å². The Morgan fingerprint density at radius 2 is 2.05 bits per heavy atom. The topological polar surface area (TPSA) is 44.4 Å². The zero-order valence-electron chi connectivity index (χ0n) is 13.6. The summed E-state index contributed by atoms with van der Waals surface area (Å²) in [6.07, 6.45) is 10.9. The fourth-order valence-corrected chi connectivity index (χ4v) is 2.97. The molecule has 2 N–H and O–H groups in total. The van der Waals surface area contributed by atoms with Crippen LogP contribution < -0.4 is 10.6 Å². The molecule has 1 amide bonds. The molecule has 21 heavy (non-hydrogen) atoms. The summed E-state index contributed by atoms with van der Waals surface area (Å²) in [6.45, 7) is 9.36. The number of carbonyl (C=O) groups is 1. The molecule has 4 nitrogen and oxygen atoms in total. The second-order valence-corrected chi connectivity index (χ2v) is 6.42. The summed E-state index contributed by atoms with van der Waals surface area (Å²) in [7, 11) is 0. The van der Waals surface area contributed by atoms with Crippen LogP contribution in [0.25, 0.3) is 0 Å². The maximum atomic E-state index is 12.0. The number of rotatable bonds is 6. The molecule has 0 saturated carbocycles. The minimum absolute atomic E-state index is 0.0817. The summed E-state index contributed by atoms with van der Waals surface area (Å²) < 4.78 is 0. The molecule has 2 aliphatic heterocycles. The largest absolute Gasteiger partial charge is 0.368 e. The Morgan fingerprint density at radius 1 is 1.38 bits per heavy atom. The average Bonchev–Trinajstić information content (AvgIpc) is 3.00. The van der Waals surface area contributed by atoms with Crippen molar-refractivity contribution in [1.82, 2.24) is 15.5 Å². The van der Waals surface area contributed by atoms with Crippen molar-refractivity contribution >= 4 is 5.91 Å². The van der Waals surface area contributed by atoms with Crippen molar-refractivity contribution in [2.75, 3.05) is 19.6 Å². The molecular weight excluding hydrogens is 262 g/mol. The number of hydrogen-bond acceptors (Lipinski definition) is 3. The van der Waals surface area contributed by atoms with E-state index in [4.69, 9.17) is 0 Å². The molecule has 1 fully saturated rings. The molecule has 0 aromatic rings. The molecule has 0 radical (unpaired) electrons. The van der Waals surface area contributed by atoms with Gasteiger partial charge in [-0.25, -0.2) is 0 Å². The van der Waals surface area contributed by atoms with Gasteiger partial charge in [-0.15, -0.1) is 0 Å². The van der Waals surface area contributed by atoms with E-state index in [0.29, 0.717) is 6.54 Å². The number of hydrogen-bond donors (Lipinski definition) is 2. The molecule has 0 bridgehead atoms. The lowest BCUT2D eigenvalue weighted by molar-refractivity contribution is -0.122. The molecule has 2 rings (SSSR count). The number of allylic oxidation sites excluding steroid dienone is 2. The Bertz CT molecular complexity index is 418. The van der Waals surface area contributed by atoms with Crippen LogP contribution in [0.4, 0.5) is 0 Å². The van der Waals surface area contributed by atoms with Crippen LogP contribution in [-0.2, 0) is 4.79 Å². The third-order valence-corrected chi connectivity index (χ3v) is 5.03. The first-order chi connectivity index (χ1) is 10.1. The van der Waals surface area contributed by atoms with Crippen molar-refractivity contribution in [2.24, 2.45) is 5.41 Å². The quantitative estimate of drug-likeness (QED) is 0.790. The first-order valence-corrected chi connectivity index (χ1v) is 8.24. The first-order valence-electron chi connectivity index (χ1n) is 8.24. The van der Waals surface area contributed by atoms with Gasteiger partial charge in [-0.2, -0.15) is 0 Å². The Balaban J connectivity index is 1.82. The van der Waals surface area contributed by atoms with E-state index in [-0.39, 0.29) is 17.5 Å². The molecule has 1 unspecified atom stereocenters. The standard InChI is InChI=1S/C17H29N3O/c1-4-17(3,5-2)14-8-9-15(18-12-14)19-16(21)13-20-10-6-7-11-20/h8-9,12,15,18H,4-7,10-11,13H2,1-3H3,(H,19,21). The van der Waals surface area contributed by atoms with Crippen molar-refractivity contribution in [2.45, 2.75) is 52.6 Å². The van der Waals surface area contributed by atoms with Crippen molar-refractivity contribution < 1.29 is 4.79 Å². The molecule has 1 saturated heterocycles. The third kappa shape index (κ3) is 4.10. The van der Waals surface area contributed by atoms with E-state index in [2.05, 4.69) is 54.7 Å². The van der Waals surface area contributed by atoms with E-state index in [1.165, 1.54) is 18.4 Å². The highest BCUT2D eigenvalue weighted by Crippen LogP contribution is 2.35. The van der Waals surface area contributed by atoms with Gasteiger partial charge in [0.05, 0.1) is 6.54 Å². The van der Waals surface area contributed by atoms with Crippen molar-refractivity contribution in [1.29, 1.82) is 0 Å². The van der Waals surface area contributed by atoms with E-state index in [9.17, 15) is 4.79 Å². The lowest BCUT2D eigenvalue weighted by Crippen LogP contribution is -2.47. The number of dihydropyridines is 1. The van der Waals surface area contributed by atoms with Crippen LogP contribution in [-0.4, -0.2) is 36.6 Å². The molecule has 1 atom stereocenters. The second kappa shape index (κ2) is 7.12. The molecule has 0 aromatic carbocycles. The Labute approximate surface area is 128 Å². The van der Waals surface area contributed by atoms with E-state index in [1.807, 2.05) is 0 Å². The fourth-order valence-electron chi connectivity index (χ4n) is 2.97. The molecule has 0 aromatic heterocycles. The maximum Gasteiger partial charge on any atom is 0.236 e. The summed E-state index contributed by atoms with van der Waals surface area (Å²) >= 11 is 0. The van der Waals surface area contributed by atoms with Gasteiger partial charge in [0.15, 0.2) is 0 Å². The number of nitrogens with one attached hydrogen (secondary N) is 2. The Morgan fingerprint density at radius 3 is 2.57 bits per heavy atom. The molecule has 0 spiro atoms. The van der Waals surface area contributed by atoms with Gasteiger partial charge in [0.2, 0.25) is 5.91 Å². The van der Waals surface area contributed by atoms with Gasteiger partial charge in [0.1, 0.15) is 6.17 Å². The summed E-state index contributed by atoms with van der Waals surface area (Å²) in [5.41, 5.74) is 1.53. The normalized spacial score (nSPS) is 22.8. The van der Waals surface area contributed by atoms with Crippen molar-refractivity contribution in [3.05, 3.63) is 23.9 Å². The highest BCUT2D eigenvalue weighted by molar-refractivity contribution is 5.78. The number of nitrogens with zero attached hydrogens (tertiary/aromatic N) is 1.